The van der Waals surface area contributed by atoms with Crippen LogP contribution in [0.1, 0.15) is 20.8 Å². The molecule has 1 amide bonds. The molecule has 88 valence electrons. The van der Waals surface area contributed by atoms with Gasteiger partial charge >= 0.3 is 6.09 Å². The van der Waals surface area contributed by atoms with Gasteiger partial charge in [0.05, 0.1) is 0 Å². The van der Waals surface area contributed by atoms with Gasteiger partial charge in [-0.3, -0.25) is 4.90 Å². The summed E-state index contributed by atoms with van der Waals surface area (Å²) in [6.45, 7) is 5.43. The van der Waals surface area contributed by atoms with Crippen LogP contribution in [0.3, 0.4) is 0 Å². The second kappa shape index (κ2) is 4.38. The third kappa shape index (κ3) is 3.42. The molecular weight excluding hydrogens is 206 g/mol. The zero-order valence-corrected chi connectivity index (χ0v) is 10.0. The summed E-state index contributed by atoms with van der Waals surface area (Å²) in [6, 6.07) is 3.27. The number of rotatable bonds is 1. The van der Waals surface area contributed by atoms with Gasteiger partial charge in [0, 0.05) is 25.0 Å². The number of carbonyl (C=O) groups excluding carboxylic acids is 1. The highest BCUT2D eigenvalue weighted by molar-refractivity contribution is 5.86. The molecular formula is C11H17N3O2. The monoisotopic (exact) mass is 223 g/mol. The molecule has 0 radical (unpaired) electrons. The van der Waals surface area contributed by atoms with Crippen LogP contribution in [0.15, 0.2) is 18.3 Å². The first-order valence-corrected chi connectivity index (χ1v) is 4.98. The molecule has 1 aromatic rings. The van der Waals surface area contributed by atoms with Crippen LogP contribution in [0, 0.1) is 0 Å². The number of pyridine rings is 1. The maximum atomic E-state index is 11.7. The van der Waals surface area contributed by atoms with Gasteiger partial charge in [0.15, 0.2) is 0 Å². The molecule has 0 saturated carbocycles. The Kier molecular flexibility index (Phi) is 3.37. The predicted molar refractivity (Wildman–Crippen MR) is 63.3 cm³/mol. The number of hydrogen-bond acceptors (Lipinski definition) is 4. The Morgan fingerprint density at radius 3 is 2.62 bits per heavy atom. The Hall–Kier alpha value is -1.78. The van der Waals surface area contributed by atoms with Crippen LogP contribution in [-0.4, -0.2) is 23.7 Å². The smallest absolute Gasteiger partial charge is 0.415 e. The lowest BCUT2D eigenvalue weighted by molar-refractivity contribution is 0.0588. The summed E-state index contributed by atoms with van der Waals surface area (Å²) in [6.07, 6.45) is 1.09. The minimum absolute atomic E-state index is 0.453. The van der Waals surface area contributed by atoms with E-state index in [2.05, 4.69) is 4.98 Å². The van der Waals surface area contributed by atoms with Crippen molar-refractivity contribution in [2.75, 3.05) is 17.7 Å². The summed E-state index contributed by atoms with van der Waals surface area (Å²) in [4.78, 5) is 17.0. The van der Waals surface area contributed by atoms with Crippen LogP contribution in [-0.2, 0) is 4.74 Å². The molecule has 0 saturated heterocycles. The normalized spacial score (nSPS) is 11.0. The van der Waals surface area contributed by atoms with Gasteiger partial charge in [0.25, 0.3) is 0 Å². The molecule has 5 heteroatoms. The second-order valence-electron chi connectivity index (χ2n) is 4.49. The third-order valence-electron chi connectivity index (χ3n) is 1.78. The quantitative estimate of drug-likeness (QED) is 0.791. The molecule has 0 fully saturated rings. The lowest BCUT2D eigenvalue weighted by Crippen LogP contribution is -2.34. The number of carbonyl (C=O) groups is 1. The van der Waals surface area contributed by atoms with Crippen molar-refractivity contribution in [3.05, 3.63) is 18.3 Å². The summed E-state index contributed by atoms with van der Waals surface area (Å²) in [5.41, 5.74) is 5.64. The number of ether oxygens (including phenoxy) is 1. The highest BCUT2D eigenvalue weighted by atomic mass is 16.6. The summed E-state index contributed by atoms with van der Waals surface area (Å²) >= 11 is 0. The highest BCUT2D eigenvalue weighted by Crippen LogP contribution is 2.16. The van der Waals surface area contributed by atoms with Gasteiger partial charge < -0.3 is 10.5 Å². The molecule has 0 aliphatic rings. The molecule has 1 aromatic heterocycles. The minimum atomic E-state index is -0.522. The number of aromatic nitrogens is 1. The summed E-state index contributed by atoms with van der Waals surface area (Å²) in [5, 5.41) is 0. The lowest BCUT2D eigenvalue weighted by Gasteiger charge is -2.24. The average molecular weight is 223 g/mol. The van der Waals surface area contributed by atoms with Gasteiger partial charge in [-0.1, -0.05) is 0 Å². The van der Waals surface area contributed by atoms with Gasteiger partial charge in [0.1, 0.15) is 11.4 Å². The first kappa shape index (κ1) is 12.3. The number of amides is 1. The van der Waals surface area contributed by atoms with Gasteiger partial charge in [-0.05, 0) is 26.8 Å². The van der Waals surface area contributed by atoms with Gasteiger partial charge in [-0.15, -0.1) is 0 Å². The Morgan fingerprint density at radius 1 is 1.50 bits per heavy atom. The van der Waals surface area contributed by atoms with Gasteiger partial charge in [-0.2, -0.15) is 0 Å². The Labute approximate surface area is 95.2 Å². The highest BCUT2D eigenvalue weighted by Gasteiger charge is 2.21. The van der Waals surface area contributed by atoms with E-state index in [9.17, 15) is 4.79 Å². The number of anilines is 2. The van der Waals surface area contributed by atoms with Crippen LogP contribution in [0.2, 0.25) is 0 Å². The topological polar surface area (TPSA) is 68.5 Å². The molecule has 16 heavy (non-hydrogen) atoms. The van der Waals surface area contributed by atoms with E-state index < -0.39 is 11.7 Å². The van der Waals surface area contributed by atoms with Gasteiger partial charge in [0.2, 0.25) is 0 Å². The standard InChI is InChI=1S/C11H17N3O2/c1-11(2,3)16-10(15)14(4)9-7-8(12)5-6-13-9/h5-7H,1-4H3,(H2,12,13). The maximum Gasteiger partial charge on any atom is 0.415 e. The third-order valence-corrected chi connectivity index (χ3v) is 1.78. The lowest BCUT2D eigenvalue weighted by atomic mass is 10.2. The van der Waals surface area contributed by atoms with E-state index in [0.717, 1.165) is 0 Å². The van der Waals surface area contributed by atoms with Gasteiger partial charge in [-0.25, -0.2) is 9.78 Å². The van der Waals surface area contributed by atoms with E-state index in [0.29, 0.717) is 11.5 Å². The average Bonchev–Trinajstić information content (AvgIpc) is 2.14. The fourth-order valence-corrected chi connectivity index (χ4v) is 1.04. The number of nitrogen functional groups attached to an aromatic ring is 1. The van der Waals surface area contributed by atoms with Crippen molar-refractivity contribution in [2.24, 2.45) is 0 Å². The van der Waals surface area contributed by atoms with Crippen molar-refractivity contribution < 1.29 is 9.53 Å². The van der Waals surface area contributed by atoms with E-state index in [1.807, 2.05) is 20.8 Å². The van der Waals surface area contributed by atoms with Crippen molar-refractivity contribution in [3.63, 3.8) is 0 Å². The van der Waals surface area contributed by atoms with Crippen LogP contribution in [0.25, 0.3) is 0 Å². The molecule has 0 unspecified atom stereocenters. The number of nitrogens with two attached hydrogens (primary N) is 1. The molecule has 0 bridgehead atoms. The van der Waals surface area contributed by atoms with E-state index in [-0.39, 0.29) is 0 Å². The van der Waals surface area contributed by atoms with Crippen molar-refractivity contribution in [1.29, 1.82) is 0 Å². The molecule has 2 N–H and O–H groups in total. The molecule has 0 spiro atoms. The number of nitrogens with zero attached hydrogens (tertiary/aromatic N) is 2. The van der Waals surface area contributed by atoms with Crippen LogP contribution in [0.5, 0.6) is 0 Å². The van der Waals surface area contributed by atoms with Crippen molar-refractivity contribution in [1.82, 2.24) is 4.98 Å². The first-order valence-electron chi connectivity index (χ1n) is 4.98. The molecule has 0 aromatic carbocycles. The molecule has 0 atom stereocenters. The fourth-order valence-electron chi connectivity index (χ4n) is 1.04. The first-order chi connectivity index (χ1) is 7.29. The van der Waals surface area contributed by atoms with E-state index in [1.54, 1.807) is 25.4 Å². The van der Waals surface area contributed by atoms with Crippen LogP contribution < -0.4 is 10.6 Å². The zero-order chi connectivity index (χ0) is 12.3. The summed E-state index contributed by atoms with van der Waals surface area (Å²) in [7, 11) is 1.59. The van der Waals surface area contributed by atoms with Crippen LogP contribution >= 0.6 is 0 Å². The Bertz CT molecular complexity index is 385. The Balaban J connectivity index is 2.78. The zero-order valence-electron chi connectivity index (χ0n) is 10.0. The largest absolute Gasteiger partial charge is 0.443 e. The molecule has 0 aliphatic carbocycles. The van der Waals surface area contributed by atoms with Crippen molar-refractivity contribution >= 4 is 17.6 Å². The SMILES string of the molecule is CN(C(=O)OC(C)(C)C)c1cc(N)ccn1. The van der Waals surface area contributed by atoms with E-state index in [4.69, 9.17) is 10.5 Å². The van der Waals surface area contributed by atoms with Crippen LogP contribution in [0.4, 0.5) is 16.3 Å². The second-order valence-corrected chi connectivity index (χ2v) is 4.49. The maximum absolute atomic E-state index is 11.7. The summed E-state index contributed by atoms with van der Waals surface area (Å²) < 4.78 is 5.20. The molecule has 5 nitrogen and oxygen atoms in total. The number of hydrogen-bond donors (Lipinski definition) is 1. The van der Waals surface area contributed by atoms with E-state index >= 15 is 0 Å². The Morgan fingerprint density at radius 2 is 2.12 bits per heavy atom. The molecule has 1 heterocycles. The fraction of sp³-hybridized carbons (Fsp3) is 0.455. The molecule has 1 rings (SSSR count). The van der Waals surface area contributed by atoms with Crippen molar-refractivity contribution in [2.45, 2.75) is 26.4 Å². The van der Waals surface area contributed by atoms with Crippen molar-refractivity contribution in [3.8, 4) is 0 Å². The summed E-state index contributed by atoms with van der Waals surface area (Å²) in [5.74, 6) is 0.467. The minimum Gasteiger partial charge on any atom is -0.443 e. The van der Waals surface area contributed by atoms with E-state index in [1.165, 1.54) is 4.90 Å². The molecule has 0 aliphatic heterocycles. The predicted octanol–water partition coefficient (Wildman–Crippen LogP) is 2.04.